The second kappa shape index (κ2) is 8.63. The van der Waals surface area contributed by atoms with Crippen molar-refractivity contribution in [3.63, 3.8) is 0 Å². The van der Waals surface area contributed by atoms with Gasteiger partial charge < -0.3 is 9.47 Å². The summed E-state index contributed by atoms with van der Waals surface area (Å²) >= 11 is 0. The van der Waals surface area contributed by atoms with E-state index in [1.54, 1.807) is 6.92 Å². The number of fused-ring (bicyclic) bond motifs is 5. The summed E-state index contributed by atoms with van der Waals surface area (Å²) in [5, 5.41) is 0. The van der Waals surface area contributed by atoms with E-state index in [1.165, 1.54) is 51.4 Å². The minimum atomic E-state index is -0.109. The number of hydrogen-bond acceptors (Lipinski definition) is 3. The lowest BCUT2D eigenvalue weighted by Crippen LogP contribution is -2.50. The topological polar surface area (TPSA) is 38.8 Å². The summed E-state index contributed by atoms with van der Waals surface area (Å²) in [6, 6.07) is 0. The number of epoxide rings is 1. The Balaban J connectivity index is 1.28. The van der Waals surface area contributed by atoms with Crippen LogP contribution in [0.5, 0.6) is 0 Å². The Hall–Kier alpha value is -0.830. The number of ether oxygens (including phenoxy) is 2. The van der Waals surface area contributed by atoms with E-state index in [-0.39, 0.29) is 17.7 Å². The monoisotopic (exact) mass is 470 g/mol. The van der Waals surface area contributed by atoms with Gasteiger partial charge in [-0.15, -0.1) is 0 Å². The van der Waals surface area contributed by atoms with E-state index < -0.39 is 0 Å². The highest BCUT2D eigenvalue weighted by molar-refractivity contribution is 5.66. The van der Waals surface area contributed by atoms with E-state index in [4.69, 9.17) is 9.47 Å². The van der Waals surface area contributed by atoms with Gasteiger partial charge in [0.25, 0.3) is 0 Å². The predicted octanol–water partition coefficient (Wildman–Crippen LogP) is 7.73. The van der Waals surface area contributed by atoms with Crippen LogP contribution in [0.15, 0.2) is 11.6 Å². The van der Waals surface area contributed by atoms with Crippen molar-refractivity contribution in [3.05, 3.63) is 11.6 Å². The number of carbonyl (C=O) groups excluding carboxylic acids is 1. The number of hydrogen-bond donors (Lipinski definition) is 0. The van der Waals surface area contributed by atoms with Crippen LogP contribution in [0.4, 0.5) is 0 Å². The van der Waals surface area contributed by atoms with Crippen LogP contribution in [0.1, 0.15) is 113 Å². The minimum Gasteiger partial charge on any atom is -0.463 e. The molecule has 1 aliphatic heterocycles. The molecule has 10 atom stereocenters. The summed E-state index contributed by atoms with van der Waals surface area (Å²) in [5.74, 6) is 4.36. The average molecular weight is 471 g/mol. The molecular weight excluding hydrogens is 420 g/mol. The van der Waals surface area contributed by atoms with Gasteiger partial charge in [-0.25, -0.2) is 0 Å². The van der Waals surface area contributed by atoms with Gasteiger partial charge >= 0.3 is 5.97 Å². The van der Waals surface area contributed by atoms with E-state index in [0.717, 1.165) is 36.5 Å². The van der Waals surface area contributed by atoms with Crippen molar-refractivity contribution in [2.75, 3.05) is 0 Å². The molecule has 3 heteroatoms. The first kappa shape index (κ1) is 24.8. The molecule has 1 heterocycles. The Bertz CT molecular complexity index is 831. The average Bonchev–Trinajstić information content (AvgIpc) is 3.30. The third kappa shape index (κ3) is 3.82. The maximum absolute atomic E-state index is 11.5. The third-order valence-corrected chi connectivity index (χ3v) is 12.1. The number of carbonyl (C=O) groups is 1. The smallest absolute Gasteiger partial charge is 0.302 e. The van der Waals surface area contributed by atoms with Crippen LogP contribution in [0.3, 0.4) is 0 Å². The van der Waals surface area contributed by atoms with Crippen molar-refractivity contribution < 1.29 is 14.3 Å². The summed E-state index contributed by atoms with van der Waals surface area (Å²) in [7, 11) is 0. The van der Waals surface area contributed by atoms with Crippen LogP contribution >= 0.6 is 0 Å². The summed E-state index contributed by atoms with van der Waals surface area (Å²) < 4.78 is 11.8. The third-order valence-electron chi connectivity index (χ3n) is 12.1. The molecule has 0 radical (unpaired) electrons. The first-order chi connectivity index (χ1) is 16.0. The minimum absolute atomic E-state index is 0.109. The normalized spacial score (nSPS) is 48.4. The van der Waals surface area contributed by atoms with Crippen LogP contribution in [0.2, 0.25) is 0 Å². The van der Waals surface area contributed by atoms with Crippen LogP contribution in [-0.2, 0) is 14.3 Å². The van der Waals surface area contributed by atoms with Gasteiger partial charge in [0.2, 0.25) is 0 Å². The zero-order valence-corrected chi connectivity index (χ0v) is 23.0. The second-order valence-electron chi connectivity index (χ2n) is 13.9. The number of rotatable bonds is 6. The van der Waals surface area contributed by atoms with Crippen LogP contribution < -0.4 is 0 Å². The highest BCUT2D eigenvalue weighted by Gasteiger charge is 2.59. The van der Waals surface area contributed by atoms with E-state index in [9.17, 15) is 4.79 Å². The summed E-state index contributed by atoms with van der Waals surface area (Å²) in [6.45, 7) is 16.3. The first-order valence-corrected chi connectivity index (χ1v) is 14.6. The molecule has 3 saturated carbocycles. The van der Waals surface area contributed by atoms with Gasteiger partial charge in [0.15, 0.2) is 0 Å². The van der Waals surface area contributed by atoms with Crippen molar-refractivity contribution in [1.29, 1.82) is 0 Å². The van der Waals surface area contributed by atoms with Crippen LogP contribution in [-0.4, -0.2) is 23.8 Å². The lowest BCUT2D eigenvalue weighted by molar-refractivity contribution is -0.152. The SMILES string of the molecule is CC(=O)O[C@H]1CC[C@@]2(C)[C@@H](CC=C3[C@@H]2CC[C@]2(C)[C@@H]([C@H](C)CC[C@]4(C(C)C)O[C@@H]4C)CC[C@@H]32)C1. The van der Waals surface area contributed by atoms with Gasteiger partial charge in [-0.05, 0) is 117 Å². The standard InChI is InChI=1S/C31H50O3/c1-19(2)31(21(4)34-31)17-12-20(3)26-10-11-27-25-9-8-23-18-24(33-22(5)32)13-15-29(23,6)28(25)14-16-30(26,27)7/h9,19-21,23-24,26-28H,8,10-18H2,1-7H3/t20-,21-,23+,24+,26-,27+,28+,29+,30-,31-/m1/s1. The maximum Gasteiger partial charge on any atom is 0.302 e. The molecule has 5 rings (SSSR count). The molecule has 192 valence electrons. The molecule has 0 aromatic heterocycles. The molecule has 0 spiro atoms. The molecule has 0 N–H and O–H groups in total. The Morgan fingerprint density at radius 2 is 1.76 bits per heavy atom. The molecule has 0 unspecified atom stereocenters. The summed E-state index contributed by atoms with van der Waals surface area (Å²) in [4.78, 5) is 11.5. The Morgan fingerprint density at radius 1 is 1.09 bits per heavy atom. The summed E-state index contributed by atoms with van der Waals surface area (Å²) in [5.41, 5.74) is 2.87. The van der Waals surface area contributed by atoms with Gasteiger partial charge in [-0.2, -0.15) is 0 Å². The predicted molar refractivity (Wildman–Crippen MR) is 137 cm³/mol. The van der Waals surface area contributed by atoms with Crippen LogP contribution in [0, 0.1) is 46.3 Å². The number of esters is 1. The molecule has 0 bridgehead atoms. The lowest BCUT2D eigenvalue weighted by atomic mass is 9.47. The van der Waals surface area contributed by atoms with Crippen molar-refractivity contribution >= 4 is 5.97 Å². The molecule has 0 aromatic carbocycles. The van der Waals surface area contributed by atoms with E-state index in [1.807, 2.05) is 5.57 Å². The largest absolute Gasteiger partial charge is 0.463 e. The highest BCUT2D eigenvalue weighted by atomic mass is 16.6. The van der Waals surface area contributed by atoms with Gasteiger partial charge in [-0.1, -0.05) is 46.3 Å². The quantitative estimate of drug-likeness (QED) is 0.226. The van der Waals surface area contributed by atoms with E-state index in [2.05, 4.69) is 47.6 Å². The van der Waals surface area contributed by atoms with Crippen LogP contribution in [0.25, 0.3) is 0 Å². The van der Waals surface area contributed by atoms with Crippen molar-refractivity contribution in [2.24, 2.45) is 46.3 Å². The second-order valence-corrected chi connectivity index (χ2v) is 13.9. The van der Waals surface area contributed by atoms with Gasteiger partial charge in [0, 0.05) is 6.92 Å². The first-order valence-electron chi connectivity index (χ1n) is 14.6. The molecule has 0 amide bonds. The fourth-order valence-corrected chi connectivity index (χ4v) is 9.90. The molecule has 4 fully saturated rings. The fourth-order valence-electron chi connectivity index (χ4n) is 9.90. The Morgan fingerprint density at radius 3 is 2.41 bits per heavy atom. The Labute approximate surface area is 208 Å². The van der Waals surface area contributed by atoms with Gasteiger partial charge in [-0.3, -0.25) is 4.79 Å². The molecule has 1 saturated heterocycles. The van der Waals surface area contributed by atoms with E-state index in [0.29, 0.717) is 28.8 Å². The fraction of sp³-hybridized carbons (Fsp3) is 0.903. The lowest BCUT2D eigenvalue weighted by Gasteiger charge is -2.58. The van der Waals surface area contributed by atoms with Crippen molar-refractivity contribution in [2.45, 2.75) is 130 Å². The van der Waals surface area contributed by atoms with E-state index >= 15 is 0 Å². The van der Waals surface area contributed by atoms with Gasteiger partial charge in [0.05, 0.1) is 11.7 Å². The zero-order valence-electron chi connectivity index (χ0n) is 23.0. The van der Waals surface area contributed by atoms with Crippen molar-refractivity contribution in [3.8, 4) is 0 Å². The summed E-state index contributed by atoms with van der Waals surface area (Å²) in [6.07, 6.45) is 15.9. The highest BCUT2D eigenvalue weighted by Crippen LogP contribution is 2.67. The molecule has 3 nitrogen and oxygen atoms in total. The molecule has 5 aliphatic rings. The zero-order chi connectivity index (χ0) is 24.5. The molecule has 0 aromatic rings. The van der Waals surface area contributed by atoms with Crippen molar-refractivity contribution in [1.82, 2.24) is 0 Å². The number of allylic oxidation sites excluding steroid dienone is 2. The maximum atomic E-state index is 11.5. The van der Waals surface area contributed by atoms with Gasteiger partial charge in [0.1, 0.15) is 6.10 Å². The molecular formula is C31H50O3. The molecule has 34 heavy (non-hydrogen) atoms. The molecule has 4 aliphatic carbocycles. The Kier molecular flexibility index (Phi) is 6.31.